The van der Waals surface area contributed by atoms with Gasteiger partial charge in [0.1, 0.15) is 0 Å². The molecule has 0 radical (unpaired) electrons. The number of hydrogen-bond donors (Lipinski definition) is 0. The van der Waals surface area contributed by atoms with Crippen LogP contribution in [-0.2, 0) is 14.3 Å². The van der Waals surface area contributed by atoms with Gasteiger partial charge in [0, 0.05) is 0 Å². The first-order valence-corrected chi connectivity index (χ1v) is 4.18. The molecule has 1 aliphatic rings. The molecule has 0 spiro atoms. The third kappa shape index (κ3) is 1.94. The fourth-order valence-electron chi connectivity index (χ4n) is 0.976. The third-order valence-corrected chi connectivity index (χ3v) is 1.76. The summed E-state index contributed by atoms with van der Waals surface area (Å²) >= 11 is 0. The van der Waals surface area contributed by atoms with E-state index >= 15 is 0 Å². The number of hydrogen-bond acceptors (Lipinski definition) is 3. The maximum atomic E-state index is 10.6. The molecule has 0 saturated carbocycles. The van der Waals surface area contributed by atoms with Crippen molar-refractivity contribution >= 4 is 11.9 Å². The quantitative estimate of drug-likeness (QED) is 0.276. The third-order valence-electron chi connectivity index (χ3n) is 1.76. The van der Waals surface area contributed by atoms with Crippen molar-refractivity contribution in [3.05, 3.63) is 12.2 Å². The zero-order valence-electron chi connectivity index (χ0n) is 7.08. The van der Waals surface area contributed by atoms with E-state index in [9.17, 15) is 9.59 Å². The molecule has 0 aromatic carbocycles. The second-order valence-corrected chi connectivity index (χ2v) is 2.79. The van der Waals surface area contributed by atoms with E-state index in [-0.39, 0.29) is 0 Å². The van der Waals surface area contributed by atoms with Crippen molar-refractivity contribution in [1.29, 1.82) is 0 Å². The number of ether oxygens (including phenoxy) is 1. The fourth-order valence-corrected chi connectivity index (χ4v) is 0.976. The molecular formula is C9H12O3. The fraction of sp³-hybridized carbons (Fsp3) is 0.556. The van der Waals surface area contributed by atoms with Crippen molar-refractivity contribution in [3.63, 3.8) is 0 Å². The Kier molecular flexibility index (Phi) is 3.02. The van der Waals surface area contributed by atoms with Gasteiger partial charge in [0.25, 0.3) is 0 Å². The first-order valence-electron chi connectivity index (χ1n) is 4.18. The first-order chi connectivity index (χ1) is 5.75. The lowest BCUT2D eigenvalue weighted by molar-refractivity contribution is -0.180. The second-order valence-electron chi connectivity index (χ2n) is 2.79. The van der Waals surface area contributed by atoms with Gasteiger partial charge in [-0.15, -0.1) is 0 Å². The van der Waals surface area contributed by atoms with E-state index in [2.05, 4.69) is 11.7 Å². The highest BCUT2D eigenvalue weighted by Crippen LogP contribution is 2.16. The Labute approximate surface area is 71.4 Å². The number of esters is 2. The second kappa shape index (κ2) is 4.04. The predicted octanol–water partition coefficient (Wildman–Crippen LogP) is 1.43. The molecule has 1 saturated heterocycles. The van der Waals surface area contributed by atoms with Crippen LogP contribution in [0.15, 0.2) is 12.2 Å². The standard InChI is InChI=1S/C9H12O3/c1-2-3-4-5-6-7-8(10)12-9(7)11/h5-7H,2-4H2,1H3/b6-5+. The van der Waals surface area contributed by atoms with E-state index in [1.807, 2.05) is 6.08 Å². The number of cyclic esters (lactones) is 2. The zero-order valence-corrected chi connectivity index (χ0v) is 7.08. The minimum Gasteiger partial charge on any atom is -0.391 e. The lowest BCUT2D eigenvalue weighted by Crippen LogP contribution is -2.39. The normalized spacial score (nSPS) is 18.1. The van der Waals surface area contributed by atoms with Gasteiger partial charge < -0.3 is 4.74 Å². The Hall–Kier alpha value is -1.12. The monoisotopic (exact) mass is 168 g/mol. The van der Waals surface area contributed by atoms with Gasteiger partial charge in [-0.2, -0.15) is 0 Å². The van der Waals surface area contributed by atoms with Crippen molar-refractivity contribution in [2.24, 2.45) is 5.92 Å². The Morgan fingerprint density at radius 3 is 2.58 bits per heavy atom. The zero-order chi connectivity index (χ0) is 8.97. The summed E-state index contributed by atoms with van der Waals surface area (Å²) in [5.41, 5.74) is 0. The van der Waals surface area contributed by atoms with E-state index in [0.717, 1.165) is 19.3 Å². The topological polar surface area (TPSA) is 43.4 Å². The van der Waals surface area contributed by atoms with Crippen LogP contribution < -0.4 is 0 Å². The predicted molar refractivity (Wildman–Crippen MR) is 43.3 cm³/mol. The minimum absolute atomic E-state index is 0.423. The largest absolute Gasteiger partial charge is 0.391 e. The maximum Gasteiger partial charge on any atom is 0.331 e. The molecule has 1 heterocycles. The van der Waals surface area contributed by atoms with E-state index in [4.69, 9.17) is 0 Å². The molecule has 1 fully saturated rings. The van der Waals surface area contributed by atoms with Crippen molar-refractivity contribution in [3.8, 4) is 0 Å². The van der Waals surface area contributed by atoms with Gasteiger partial charge in [-0.1, -0.05) is 31.9 Å². The molecule has 1 aliphatic heterocycles. The van der Waals surface area contributed by atoms with Gasteiger partial charge in [-0.3, -0.25) is 9.59 Å². The Morgan fingerprint density at radius 2 is 2.08 bits per heavy atom. The Balaban J connectivity index is 2.25. The highest BCUT2D eigenvalue weighted by molar-refractivity contribution is 6.11. The first kappa shape index (κ1) is 8.97. The molecule has 3 heteroatoms. The van der Waals surface area contributed by atoms with Crippen LogP contribution in [0.3, 0.4) is 0 Å². The van der Waals surface area contributed by atoms with Crippen molar-refractivity contribution in [1.82, 2.24) is 0 Å². The molecule has 0 bridgehead atoms. The van der Waals surface area contributed by atoms with E-state index in [1.165, 1.54) is 0 Å². The summed E-state index contributed by atoms with van der Waals surface area (Å²) in [5.74, 6) is -1.46. The smallest absolute Gasteiger partial charge is 0.331 e. The average molecular weight is 168 g/mol. The molecule has 0 amide bonds. The summed E-state index contributed by atoms with van der Waals surface area (Å²) in [7, 11) is 0. The summed E-state index contributed by atoms with van der Waals surface area (Å²) in [6.45, 7) is 2.09. The summed E-state index contributed by atoms with van der Waals surface area (Å²) < 4.78 is 4.18. The van der Waals surface area contributed by atoms with Gasteiger partial charge >= 0.3 is 11.9 Å². The molecule has 0 unspecified atom stereocenters. The van der Waals surface area contributed by atoms with Crippen LogP contribution in [0.4, 0.5) is 0 Å². The Bertz CT molecular complexity index is 204. The summed E-state index contributed by atoms with van der Waals surface area (Å²) in [6.07, 6.45) is 6.63. The number of unbranched alkanes of at least 4 members (excludes halogenated alkanes) is 2. The maximum absolute atomic E-state index is 10.6. The van der Waals surface area contributed by atoms with E-state index in [1.54, 1.807) is 6.08 Å². The molecule has 12 heavy (non-hydrogen) atoms. The SMILES string of the molecule is CCCC/C=C/C1C(=O)OC1=O. The molecular weight excluding hydrogens is 156 g/mol. The molecule has 0 aromatic heterocycles. The lowest BCUT2D eigenvalue weighted by atomic mass is 10.1. The van der Waals surface area contributed by atoms with Crippen LogP contribution in [0.2, 0.25) is 0 Å². The van der Waals surface area contributed by atoms with Crippen LogP contribution in [0.5, 0.6) is 0 Å². The van der Waals surface area contributed by atoms with Crippen molar-refractivity contribution < 1.29 is 14.3 Å². The molecule has 1 rings (SSSR count). The summed E-state index contributed by atoms with van der Waals surface area (Å²) in [5, 5.41) is 0. The highest BCUT2D eigenvalue weighted by Gasteiger charge is 2.39. The molecule has 66 valence electrons. The number of carbonyl (C=O) groups excluding carboxylic acids is 2. The van der Waals surface area contributed by atoms with Crippen LogP contribution in [0.25, 0.3) is 0 Å². The summed E-state index contributed by atoms with van der Waals surface area (Å²) in [6, 6.07) is 0. The van der Waals surface area contributed by atoms with Crippen LogP contribution in [0.1, 0.15) is 26.2 Å². The molecule has 0 aromatic rings. The summed E-state index contributed by atoms with van der Waals surface area (Å²) in [4.78, 5) is 21.2. The molecule has 0 N–H and O–H groups in total. The highest BCUT2D eigenvalue weighted by atomic mass is 16.6. The number of rotatable bonds is 4. The van der Waals surface area contributed by atoms with Crippen LogP contribution >= 0.6 is 0 Å². The van der Waals surface area contributed by atoms with Crippen molar-refractivity contribution in [2.75, 3.05) is 0 Å². The van der Waals surface area contributed by atoms with Gasteiger partial charge in [-0.05, 0) is 6.42 Å². The van der Waals surface area contributed by atoms with Crippen LogP contribution in [-0.4, -0.2) is 11.9 Å². The van der Waals surface area contributed by atoms with Gasteiger partial charge in [0.05, 0.1) is 0 Å². The minimum atomic E-state index is -0.609. The van der Waals surface area contributed by atoms with Crippen molar-refractivity contribution in [2.45, 2.75) is 26.2 Å². The number of carbonyl (C=O) groups is 2. The molecule has 0 aliphatic carbocycles. The molecule has 3 nitrogen and oxygen atoms in total. The van der Waals surface area contributed by atoms with Gasteiger partial charge in [0.2, 0.25) is 0 Å². The van der Waals surface area contributed by atoms with Gasteiger partial charge in [-0.25, -0.2) is 0 Å². The molecule has 0 atom stereocenters. The van der Waals surface area contributed by atoms with Crippen LogP contribution in [0, 0.1) is 5.92 Å². The Morgan fingerprint density at radius 1 is 1.42 bits per heavy atom. The van der Waals surface area contributed by atoms with Gasteiger partial charge in [0.15, 0.2) is 5.92 Å². The average Bonchev–Trinajstić information content (AvgIpc) is 2.04. The van der Waals surface area contributed by atoms with E-state index in [0.29, 0.717) is 0 Å². The lowest BCUT2D eigenvalue weighted by Gasteiger charge is -2.17. The van der Waals surface area contributed by atoms with E-state index < -0.39 is 17.9 Å². The number of allylic oxidation sites excluding steroid dienone is 1.